The molecule has 0 radical (unpaired) electrons. The zero-order chi connectivity index (χ0) is 17.6. The second kappa shape index (κ2) is 7.42. The van der Waals surface area contributed by atoms with Crippen LogP contribution in [0.2, 0.25) is 0 Å². The number of fused-ring (bicyclic) bond motifs is 1. The number of pyridine rings is 1. The first-order chi connectivity index (χ1) is 12.7. The van der Waals surface area contributed by atoms with Crippen molar-refractivity contribution in [3.8, 4) is 5.75 Å². The van der Waals surface area contributed by atoms with Crippen LogP contribution in [0.3, 0.4) is 0 Å². The van der Waals surface area contributed by atoms with Gasteiger partial charge in [-0.1, -0.05) is 30.3 Å². The smallest absolute Gasteiger partial charge is 0.127 e. The van der Waals surface area contributed by atoms with E-state index in [1.807, 2.05) is 6.20 Å². The number of nitrogens with zero attached hydrogens (tertiary/aromatic N) is 2. The van der Waals surface area contributed by atoms with Crippen LogP contribution in [0.1, 0.15) is 36.6 Å². The summed E-state index contributed by atoms with van der Waals surface area (Å²) in [6, 6.07) is 13.3. The molecule has 0 bridgehead atoms. The van der Waals surface area contributed by atoms with Gasteiger partial charge in [-0.25, -0.2) is 0 Å². The summed E-state index contributed by atoms with van der Waals surface area (Å²) in [7, 11) is 0. The van der Waals surface area contributed by atoms with E-state index in [9.17, 15) is 0 Å². The molecule has 3 aliphatic rings. The van der Waals surface area contributed by atoms with Gasteiger partial charge in [0.25, 0.3) is 0 Å². The lowest BCUT2D eigenvalue weighted by atomic mass is 9.63. The molecule has 5 rings (SSSR count). The van der Waals surface area contributed by atoms with Crippen LogP contribution in [-0.2, 0) is 19.5 Å². The van der Waals surface area contributed by atoms with Gasteiger partial charge in [-0.2, -0.15) is 0 Å². The highest BCUT2D eigenvalue weighted by Crippen LogP contribution is 2.46. The van der Waals surface area contributed by atoms with Crippen molar-refractivity contribution in [3.63, 3.8) is 0 Å². The van der Waals surface area contributed by atoms with E-state index >= 15 is 0 Å². The van der Waals surface area contributed by atoms with Crippen LogP contribution < -0.4 is 10.1 Å². The van der Waals surface area contributed by atoms with E-state index in [1.165, 1.54) is 42.8 Å². The average molecular weight is 386 g/mol. The third kappa shape index (κ3) is 3.58. The summed E-state index contributed by atoms with van der Waals surface area (Å²) in [5, 5.41) is 3.40. The van der Waals surface area contributed by atoms with Gasteiger partial charge in [0.1, 0.15) is 5.75 Å². The van der Waals surface area contributed by atoms with Crippen LogP contribution in [0.15, 0.2) is 42.6 Å². The zero-order valence-corrected chi connectivity index (χ0v) is 16.7. The number of rotatable bonds is 4. The monoisotopic (exact) mass is 385 g/mol. The summed E-state index contributed by atoms with van der Waals surface area (Å²) in [5.74, 6) is 1.06. The van der Waals surface area contributed by atoms with Crippen LogP contribution in [0.4, 0.5) is 0 Å². The lowest BCUT2D eigenvalue weighted by Crippen LogP contribution is -2.62. The topological polar surface area (TPSA) is 37.4 Å². The minimum atomic E-state index is 0. The maximum atomic E-state index is 6.42. The fraction of sp³-hybridized carbons (Fsp3) is 0.500. The Kier molecular flexibility index (Phi) is 5.15. The van der Waals surface area contributed by atoms with Crippen LogP contribution in [0.25, 0.3) is 0 Å². The molecule has 1 aliphatic carbocycles. The number of hydrogen-bond acceptors (Lipinski definition) is 4. The molecule has 1 atom stereocenters. The minimum absolute atomic E-state index is 0. The van der Waals surface area contributed by atoms with Gasteiger partial charge in [-0.3, -0.25) is 9.88 Å². The molecule has 1 spiro atoms. The van der Waals surface area contributed by atoms with Crippen molar-refractivity contribution in [2.24, 2.45) is 5.41 Å². The Hall–Kier alpha value is -1.62. The molecule has 144 valence electrons. The number of hydrogen-bond donors (Lipinski definition) is 1. The molecule has 2 aliphatic heterocycles. The predicted octanol–water partition coefficient (Wildman–Crippen LogP) is 3.58. The molecule has 5 heteroatoms. The van der Waals surface area contributed by atoms with Gasteiger partial charge in [-0.15, -0.1) is 12.4 Å². The van der Waals surface area contributed by atoms with Gasteiger partial charge in [0.2, 0.25) is 0 Å². The number of aromatic nitrogens is 1. The molecule has 4 nitrogen and oxygen atoms in total. The normalized spacial score (nSPS) is 23.7. The van der Waals surface area contributed by atoms with Crippen LogP contribution in [0, 0.1) is 5.41 Å². The predicted molar refractivity (Wildman–Crippen MR) is 109 cm³/mol. The fourth-order valence-corrected chi connectivity index (χ4v) is 4.70. The third-order valence-electron chi connectivity index (χ3n) is 6.42. The van der Waals surface area contributed by atoms with Crippen molar-refractivity contribution < 1.29 is 4.74 Å². The highest BCUT2D eigenvalue weighted by molar-refractivity contribution is 5.85. The van der Waals surface area contributed by atoms with Gasteiger partial charge >= 0.3 is 0 Å². The molecular formula is C22H28ClN3O. The molecule has 1 saturated carbocycles. The van der Waals surface area contributed by atoms with Gasteiger partial charge in [-0.05, 0) is 31.4 Å². The summed E-state index contributed by atoms with van der Waals surface area (Å²) in [5.41, 5.74) is 4.44. The van der Waals surface area contributed by atoms with Crippen LogP contribution in [0.5, 0.6) is 5.75 Å². The molecule has 1 aromatic carbocycles. The lowest BCUT2D eigenvalue weighted by molar-refractivity contribution is -0.0503. The van der Waals surface area contributed by atoms with Crippen molar-refractivity contribution in [1.29, 1.82) is 0 Å². The Balaban J connectivity index is 0.00000180. The second-order valence-electron chi connectivity index (χ2n) is 8.43. The van der Waals surface area contributed by atoms with Gasteiger partial charge < -0.3 is 10.1 Å². The Morgan fingerprint density at radius 3 is 2.67 bits per heavy atom. The molecule has 27 heavy (non-hydrogen) atoms. The van der Waals surface area contributed by atoms with Gasteiger partial charge in [0.05, 0.1) is 11.8 Å². The Bertz CT molecular complexity index is 785. The van der Waals surface area contributed by atoms with E-state index in [0.717, 1.165) is 25.3 Å². The number of ether oxygens (including phenoxy) is 1. The van der Waals surface area contributed by atoms with Crippen molar-refractivity contribution in [3.05, 3.63) is 59.4 Å². The molecule has 3 heterocycles. The molecule has 1 N–H and O–H groups in total. The average Bonchev–Trinajstić information content (AvgIpc) is 2.58. The molecule has 1 saturated heterocycles. The number of nitrogens with one attached hydrogen (secondary N) is 1. The van der Waals surface area contributed by atoms with E-state index in [1.54, 1.807) is 0 Å². The first-order valence-electron chi connectivity index (χ1n) is 9.83. The first kappa shape index (κ1) is 18.7. The van der Waals surface area contributed by atoms with Crippen molar-refractivity contribution in [1.82, 2.24) is 15.2 Å². The highest BCUT2D eigenvalue weighted by atomic mass is 35.5. The highest BCUT2D eigenvalue weighted by Gasteiger charge is 2.49. The Morgan fingerprint density at radius 2 is 1.96 bits per heavy atom. The minimum Gasteiger partial charge on any atom is -0.490 e. The molecular weight excluding hydrogens is 358 g/mol. The Labute approximate surface area is 167 Å². The van der Waals surface area contributed by atoms with Crippen molar-refractivity contribution >= 4 is 12.4 Å². The summed E-state index contributed by atoms with van der Waals surface area (Å²) in [6.07, 6.45) is 5.69. The molecule has 2 aromatic rings. The van der Waals surface area contributed by atoms with E-state index in [2.05, 4.69) is 58.5 Å². The van der Waals surface area contributed by atoms with Crippen LogP contribution >= 0.6 is 12.4 Å². The van der Waals surface area contributed by atoms with Gasteiger partial charge in [0.15, 0.2) is 0 Å². The molecule has 2 fully saturated rings. The summed E-state index contributed by atoms with van der Waals surface area (Å²) >= 11 is 0. The standard InChI is InChI=1S/C22H27N3O.ClH/c1-16-9-20-19(13-25(16)12-17-5-3-2-4-6-17)21(7-8-24-20)26-18-10-22(11-18)14-23-15-22;/h2-8,16,18,23H,9-15H2,1H3;1H. The van der Waals surface area contributed by atoms with E-state index < -0.39 is 0 Å². The third-order valence-corrected chi connectivity index (χ3v) is 6.42. The van der Waals surface area contributed by atoms with E-state index in [-0.39, 0.29) is 12.4 Å². The summed E-state index contributed by atoms with van der Waals surface area (Å²) < 4.78 is 6.42. The lowest BCUT2D eigenvalue weighted by Gasteiger charge is -2.53. The molecule has 1 unspecified atom stereocenters. The van der Waals surface area contributed by atoms with E-state index in [0.29, 0.717) is 17.6 Å². The SMILES string of the molecule is CC1Cc2nccc(OC3CC4(CNC4)C3)c2CN1Cc1ccccc1.Cl. The number of benzene rings is 1. The zero-order valence-electron chi connectivity index (χ0n) is 15.9. The van der Waals surface area contributed by atoms with Gasteiger partial charge in [0, 0.05) is 55.8 Å². The quantitative estimate of drug-likeness (QED) is 0.872. The van der Waals surface area contributed by atoms with Crippen molar-refractivity contribution in [2.75, 3.05) is 13.1 Å². The van der Waals surface area contributed by atoms with Crippen LogP contribution in [-0.4, -0.2) is 35.1 Å². The largest absolute Gasteiger partial charge is 0.490 e. The fourth-order valence-electron chi connectivity index (χ4n) is 4.70. The number of halogens is 1. The maximum absolute atomic E-state index is 6.42. The van der Waals surface area contributed by atoms with Crippen molar-refractivity contribution in [2.45, 2.75) is 51.4 Å². The molecule has 0 amide bonds. The Morgan fingerprint density at radius 1 is 1.19 bits per heavy atom. The molecule has 1 aromatic heterocycles. The summed E-state index contributed by atoms with van der Waals surface area (Å²) in [6.45, 7) is 6.55. The summed E-state index contributed by atoms with van der Waals surface area (Å²) in [4.78, 5) is 7.21. The maximum Gasteiger partial charge on any atom is 0.127 e. The first-order valence-corrected chi connectivity index (χ1v) is 9.83. The second-order valence-corrected chi connectivity index (χ2v) is 8.43. The van der Waals surface area contributed by atoms with E-state index in [4.69, 9.17) is 4.74 Å².